The molecule has 2 rings (SSSR count). The standard InChI is InChI=1S/C14H24N4O/c1-12-9-16-7-8-18(12)10-13(19)17-14(11-15)5-3-2-4-6-14/h12,16H,2-10H2,1H3,(H,17,19)/t12-/m0/s1. The first kappa shape index (κ1) is 14.3. The largest absolute Gasteiger partial charge is 0.337 e. The summed E-state index contributed by atoms with van der Waals surface area (Å²) in [6, 6.07) is 2.71. The first-order chi connectivity index (χ1) is 9.15. The number of carbonyl (C=O) groups is 1. The first-order valence-electron chi connectivity index (χ1n) is 7.32. The van der Waals surface area contributed by atoms with Crippen molar-refractivity contribution >= 4 is 5.91 Å². The zero-order valence-electron chi connectivity index (χ0n) is 11.7. The molecule has 19 heavy (non-hydrogen) atoms. The molecule has 0 aromatic rings. The van der Waals surface area contributed by atoms with Gasteiger partial charge >= 0.3 is 0 Å². The number of carbonyl (C=O) groups excluding carboxylic acids is 1. The van der Waals surface area contributed by atoms with Crippen LogP contribution < -0.4 is 10.6 Å². The number of hydrogen-bond donors (Lipinski definition) is 2. The molecule has 1 atom stereocenters. The molecule has 1 aliphatic carbocycles. The maximum Gasteiger partial charge on any atom is 0.235 e. The van der Waals surface area contributed by atoms with E-state index in [0.717, 1.165) is 45.3 Å². The normalized spacial score (nSPS) is 27.5. The Kier molecular flexibility index (Phi) is 4.78. The fourth-order valence-electron chi connectivity index (χ4n) is 3.03. The van der Waals surface area contributed by atoms with Gasteiger partial charge in [0.15, 0.2) is 0 Å². The van der Waals surface area contributed by atoms with E-state index in [-0.39, 0.29) is 5.91 Å². The van der Waals surface area contributed by atoms with E-state index in [1.807, 2.05) is 0 Å². The Balaban J connectivity index is 1.87. The molecule has 0 aromatic carbocycles. The van der Waals surface area contributed by atoms with Crippen molar-refractivity contribution in [1.29, 1.82) is 5.26 Å². The molecule has 1 amide bonds. The molecule has 5 nitrogen and oxygen atoms in total. The zero-order valence-corrected chi connectivity index (χ0v) is 11.7. The highest BCUT2D eigenvalue weighted by atomic mass is 16.2. The minimum atomic E-state index is -0.605. The number of amides is 1. The third-order valence-electron chi connectivity index (χ3n) is 4.29. The maximum absolute atomic E-state index is 12.2. The highest BCUT2D eigenvalue weighted by molar-refractivity contribution is 5.79. The van der Waals surface area contributed by atoms with Crippen LogP contribution in [0.4, 0.5) is 0 Å². The molecule has 0 radical (unpaired) electrons. The van der Waals surface area contributed by atoms with Crippen molar-refractivity contribution in [2.45, 2.75) is 50.6 Å². The molecule has 5 heteroatoms. The molecule has 1 aliphatic heterocycles. The van der Waals surface area contributed by atoms with Crippen LogP contribution in [0.5, 0.6) is 0 Å². The van der Waals surface area contributed by atoms with Gasteiger partial charge in [-0.3, -0.25) is 9.69 Å². The van der Waals surface area contributed by atoms with E-state index in [1.54, 1.807) is 0 Å². The lowest BCUT2D eigenvalue weighted by atomic mass is 9.83. The Morgan fingerprint density at radius 3 is 2.84 bits per heavy atom. The average molecular weight is 264 g/mol. The average Bonchev–Trinajstić information content (AvgIpc) is 2.42. The predicted octanol–water partition coefficient (Wildman–Crippen LogP) is 0.623. The van der Waals surface area contributed by atoms with E-state index >= 15 is 0 Å². The van der Waals surface area contributed by atoms with Crippen LogP contribution in [-0.2, 0) is 4.79 Å². The molecule has 1 saturated heterocycles. The molecule has 1 heterocycles. The van der Waals surface area contributed by atoms with Gasteiger partial charge in [-0.25, -0.2) is 0 Å². The zero-order chi connectivity index (χ0) is 13.7. The second-order valence-corrected chi connectivity index (χ2v) is 5.83. The number of nitrogens with zero attached hydrogens (tertiary/aromatic N) is 2. The van der Waals surface area contributed by atoms with Gasteiger partial charge in [-0.05, 0) is 19.8 Å². The molecular formula is C14H24N4O. The fourth-order valence-corrected chi connectivity index (χ4v) is 3.03. The minimum Gasteiger partial charge on any atom is -0.337 e. The van der Waals surface area contributed by atoms with Crippen LogP contribution in [-0.4, -0.2) is 48.6 Å². The lowest BCUT2D eigenvalue weighted by molar-refractivity contribution is -0.124. The monoisotopic (exact) mass is 264 g/mol. The molecule has 0 unspecified atom stereocenters. The van der Waals surface area contributed by atoms with Gasteiger partial charge in [0.1, 0.15) is 5.54 Å². The third kappa shape index (κ3) is 3.68. The minimum absolute atomic E-state index is 0.00259. The molecule has 0 spiro atoms. The second kappa shape index (κ2) is 6.36. The quantitative estimate of drug-likeness (QED) is 0.784. The fraction of sp³-hybridized carbons (Fsp3) is 0.857. The van der Waals surface area contributed by atoms with Gasteiger partial charge in [-0.2, -0.15) is 5.26 Å². The van der Waals surface area contributed by atoms with Gasteiger partial charge < -0.3 is 10.6 Å². The Hall–Kier alpha value is -1.12. The van der Waals surface area contributed by atoms with E-state index in [4.69, 9.17) is 0 Å². The summed E-state index contributed by atoms with van der Waals surface area (Å²) in [6.45, 7) is 5.29. The van der Waals surface area contributed by atoms with Crippen LogP contribution in [0, 0.1) is 11.3 Å². The lowest BCUT2D eigenvalue weighted by Gasteiger charge is -2.35. The van der Waals surface area contributed by atoms with Gasteiger partial charge in [0.2, 0.25) is 5.91 Å². The van der Waals surface area contributed by atoms with Gasteiger partial charge in [0, 0.05) is 25.7 Å². The third-order valence-corrected chi connectivity index (χ3v) is 4.29. The summed E-state index contributed by atoms with van der Waals surface area (Å²) in [4.78, 5) is 14.3. The Labute approximate surface area is 115 Å². The van der Waals surface area contributed by atoms with E-state index in [2.05, 4.69) is 28.5 Å². The predicted molar refractivity (Wildman–Crippen MR) is 73.5 cm³/mol. The number of nitriles is 1. The first-order valence-corrected chi connectivity index (χ1v) is 7.32. The SMILES string of the molecule is C[C@H]1CNCCN1CC(=O)NC1(C#N)CCCCC1. The highest BCUT2D eigenvalue weighted by Gasteiger charge is 2.34. The number of nitrogens with one attached hydrogen (secondary N) is 2. The highest BCUT2D eigenvalue weighted by Crippen LogP contribution is 2.27. The Morgan fingerprint density at radius 2 is 2.21 bits per heavy atom. The summed E-state index contributed by atoms with van der Waals surface area (Å²) in [5.41, 5.74) is -0.605. The van der Waals surface area contributed by atoms with Gasteiger partial charge in [0.25, 0.3) is 0 Å². The van der Waals surface area contributed by atoms with Crippen molar-refractivity contribution in [2.24, 2.45) is 0 Å². The Morgan fingerprint density at radius 1 is 1.47 bits per heavy atom. The summed E-state index contributed by atoms with van der Waals surface area (Å²) >= 11 is 0. The van der Waals surface area contributed by atoms with E-state index < -0.39 is 5.54 Å². The van der Waals surface area contributed by atoms with E-state index in [0.29, 0.717) is 12.6 Å². The van der Waals surface area contributed by atoms with E-state index in [9.17, 15) is 10.1 Å². The van der Waals surface area contributed by atoms with Crippen LogP contribution in [0.1, 0.15) is 39.0 Å². The van der Waals surface area contributed by atoms with Gasteiger partial charge in [-0.1, -0.05) is 19.3 Å². The van der Waals surface area contributed by atoms with Gasteiger partial charge in [-0.15, -0.1) is 0 Å². The number of rotatable bonds is 3. The lowest BCUT2D eigenvalue weighted by Crippen LogP contribution is -2.56. The summed E-state index contributed by atoms with van der Waals surface area (Å²) < 4.78 is 0. The van der Waals surface area contributed by atoms with Crippen molar-refractivity contribution < 1.29 is 4.79 Å². The van der Waals surface area contributed by atoms with Crippen LogP contribution >= 0.6 is 0 Å². The van der Waals surface area contributed by atoms with Crippen LogP contribution in [0.2, 0.25) is 0 Å². The Bertz CT molecular complexity index is 357. The van der Waals surface area contributed by atoms with Gasteiger partial charge in [0.05, 0.1) is 12.6 Å². The topological polar surface area (TPSA) is 68.2 Å². The van der Waals surface area contributed by atoms with Crippen molar-refractivity contribution in [2.75, 3.05) is 26.2 Å². The molecule has 2 N–H and O–H groups in total. The summed E-state index contributed by atoms with van der Waals surface area (Å²) in [5, 5.41) is 15.7. The molecule has 0 bridgehead atoms. The van der Waals surface area contributed by atoms with Crippen molar-refractivity contribution in [3.8, 4) is 6.07 Å². The van der Waals surface area contributed by atoms with Crippen LogP contribution in [0.25, 0.3) is 0 Å². The summed E-state index contributed by atoms with van der Waals surface area (Å²) in [6.07, 6.45) is 4.85. The number of hydrogen-bond acceptors (Lipinski definition) is 4. The van der Waals surface area contributed by atoms with Crippen molar-refractivity contribution in [3.05, 3.63) is 0 Å². The summed E-state index contributed by atoms with van der Waals surface area (Å²) in [5.74, 6) is -0.00259. The number of piperazine rings is 1. The second-order valence-electron chi connectivity index (χ2n) is 5.83. The van der Waals surface area contributed by atoms with Crippen molar-refractivity contribution in [3.63, 3.8) is 0 Å². The molecule has 2 fully saturated rings. The molecular weight excluding hydrogens is 240 g/mol. The molecule has 0 aromatic heterocycles. The maximum atomic E-state index is 12.2. The van der Waals surface area contributed by atoms with Crippen molar-refractivity contribution in [1.82, 2.24) is 15.5 Å². The summed E-state index contributed by atoms with van der Waals surface area (Å²) in [7, 11) is 0. The molecule has 106 valence electrons. The molecule has 2 aliphatic rings. The van der Waals surface area contributed by atoms with Crippen LogP contribution in [0.3, 0.4) is 0 Å². The van der Waals surface area contributed by atoms with Crippen LogP contribution in [0.15, 0.2) is 0 Å². The molecule has 1 saturated carbocycles. The van der Waals surface area contributed by atoms with E-state index in [1.165, 1.54) is 6.42 Å². The smallest absolute Gasteiger partial charge is 0.235 e.